The second-order valence-electron chi connectivity index (χ2n) is 4.54. The van der Waals surface area contributed by atoms with E-state index in [0.29, 0.717) is 0 Å². The van der Waals surface area contributed by atoms with Crippen molar-refractivity contribution in [1.82, 2.24) is 9.97 Å². The summed E-state index contributed by atoms with van der Waals surface area (Å²) in [4.78, 5) is 7.88. The van der Waals surface area contributed by atoms with E-state index in [4.69, 9.17) is 4.74 Å². The Kier molecular flexibility index (Phi) is 5.54. The third-order valence-electron chi connectivity index (χ3n) is 2.97. The van der Waals surface area contributed by atoms with Crippen molar-refractivity contribution < 1.29 is 17.7 Å². The van der Waals surface area contributed by atoms with Gasteiger partial charge in [-0.1, -0.05) is 0 Å². The molecular formula is C12H16F2N4O2S. The predicted molar refractivity (Wildman–Crippen MR) is 73.7 cm³/mol. The number of alkyl halides is 2. The van der Waals surface area contributed by atoms with Gasteiger partial charge in [-0.05, 0) is 6.92 Å². The highest BCUT2D eigenvalue weighted by molar-refractivity contribution is 7.94. The van der Waals surface area contributed by atoms with Crippen LogP contribution in [-0.4, -0.2) is 45.3 Å². The lowest BCUT2D eigenvalue weighted by Gasteiger charge is -2.22. The normalized spacial score (nSPS) is 16.6. The van der Waals surface area contributed by atoms with Crippen LogP contribution in [0.25, 0.3) is 0 Å². The summed E-state index contributed by atoms with van der Waals surface area (Å²) in [6.45, 7) is 0.781. The van der Waals surface area contributed by atoms with Gasteiger partial charge in [0.1, 0.15) is 17.2 Å². The minimum Gasteiger partial charge on any atom is -0.484 e. The molecular weight excluding hydrogens is 302 g/mol. The van der Waals surface area contributed by atoms with Gasteiger partial charge in [-0.15, -0.1) is 0 Å². The summed E-state index contributed by atoms with van der Waals surface area (Å²) in [7, 11) is -1.35. The molecule has 1 rings (SSSR count). The van der Waals surface area contributed by atoms with Crippen molar-refractivity contribution in [2.75, 3.05) is 19.9 Å². The van der Waals surface area contributed by atoms with Gasteiger partial charge in [-0.3, -0.25) is 0 Å². The first-order valence-electron chi connectivity index (χ1n) is 5.97. The predicted octanol–water partition coefficient (Wildman–Crippen LogP) is 1.67. The number of hydrogen-bond acceptors (Lipinski definition) is 6. The molecule has 0 aliphatic rings. The highest BCUT2D eigenvalue weighted by Gasteiger charge is 2.35. The SMILES string of the molecule is CN=S(C)(=O)C(C)(C#N)Cc1ncc(OCC(F)F)cn1. The average molecular weight is 318 g/mol. The van der Waals surface area contributed by atoms with Crippen molar-refractivity contribution in [3.05, 3.63) is 18.2 Å². The average Bonchev–Trinajstić information content (AvgIpc) is 2.46. The van der Waals surface area contributed by atoms with Crippen molar-refractivity contribution in [1.29, 1.82) is 5.26 Å². The second-order valence-corrected chi connectivity index (χ2v) is 7.41. The Hall–Kier alpha value is -1.82. The molecule has 0 bridgehead atoms. The summed E-state index contributed by atoms with van der Waals surface area (Å²) in [5.74, 6) is 0.372. The van der Waals surface area contributed by atoms with Crippen LogP contribution < -0.4 is 4.74 Å². The maximum atomic E-state index is 12.3. The Labute approximate surface area is 122 Å². The third kappa shape index (κ3) is 4.32. The third-order valence-corrected chi connectivity index (χ3v) is 5.58. The van der Waals surface area contributed by atoms with Crippen LogP contribution in [0.4, 0.5) is 8.78 Å². The maximum Gasteiger partial charge on any atom is 0.272 e. The van der Waals surface area contributed by atoms with Crippen LogP contribution in [0.2, 0.25) is 0 Å². The number of rotatable bonds is 6. The van der Waals surface area contributed by atoms with Gasteiger partial charge in [0.2, 0.25) is 0 Å². The fourth-order valence-electron chi connectivity index (χ4n) is 1.43. The van der Waals surface area contributed by atoms with Crippen molar-refractivity contribution >= 4 is 9.73 Å². The van der Waals surface area contributed by atoms with E-state index in [2.05, 4.69) is 14.3 Å². The monoisotopic (exact) mass is 318 g/mol. The molecule has 0 saturated heterocycles. The Morgan fingerprint density at radius 1 is 1.52 bits per heavy atom. The summed E-state index contributed by atoms with van der Waals surface area (Å²) in [5, 5.41) is 9.26. The Bertz CT molecular complexity index is 636. The molecule has 0 aliphatic heterocycles. The molecule has 0 spiro atoms. The first kappa shape index (κ1) is 17.2. The Morgan fingerprint density at radius 3 is 2.52 bits per heavy atom. The minimum atomic E-state index is -2.74. The van der Waals surface area contributed by atoms with Gasteiger partial charge < -0.3 is 4.74 Å². The summed E-state index contributed by atoms with van der Waals surface area (Å²) in [6, 6.07) is 1.99. The van der Waals surface area contributed by atoms with Gasteiger partial charge in [0.05, 0.1) is 28.2 Å². The van der Waals surface area contributed by atoms with Crippen LogP contribution in [0.3, 0.4) is 0 Å². The number of ether oxygens (including phenoxy) is 1. The number of nitrogens with zero attached hydrogens (tertiary/aromatic N) is 4. The first-order chi connectivity index (χ1) is 9.74. The van der Waals surface area contributed by atoms with Gasteiger partial charge in [-0.25, -0.2) is 27.3 Å². The molecule has 9 heteroatoms. The molecule has 2 unspecified atom stereocenters. The van der Waals surface area contributed by atoms with E-state index in [9.17, 15) is 18.3 Å². The lowest BCUT2D eigenvalue weighted by atomic mass is 10.1. The highest BCUT2D eigenvalue weighted by Crippen LogP contribution is 2.22. The number of aromatic nitrogens is 2. The molecule has 1 aromatic rings. The van der Waals surface area contributed by atoms with Crippen molar-refractivity contribution in [3.63, 3.8) is 0 Å². The lowest BCUT2D eigenvalue weighted by molar-refractivity contribution is 0.0815. The molecule has 1 aromatic heterocycles. The summed E-state index contributed by atoms with van der Waals surface area (Å²) in [5.41, 5.74) is 0. The zero-order valence-corrected chi connectivity index (χ0v) is 12.7. The lowest BCUT2D eigenvalue weighted by Crippen LogP contribution is -2.35. The van der Waals surface area contributed by atoms with Crippen LogP contribution in [0, 0.1) is 11.3 Å². The van der Waals surface area contributed by atoms with E-state index in [1.54, 1.807) is 0 Å². The summed E-state index contributed by atoms with van der Waals surface area (Å²) < 4.78 is 43.6. The topological polar surface area (TPSA) is 88.2 Å². The second kappa shape index (κ2) is 6.76. The van der Waals surface area contributed by atoms with Crippen LogP contribution in [0.1, 0.15) is 12.7 Å². The number of nitriles is 1. The smallest absolute Gasteiger partial charge is 0.272 e. The Morgan fingerprint density at radius 2 is 2.10 bits per heavy atom. The van der Waals surface area contributed by atoms with E-state index in [-0.39, 0.29) is 18.0 Å². The minimum absolute atomic E-state index is 0.0330. The zero-order chi connectivity index (χ0) is 16.1. The quantitative estimate of drug-likeness (QED) is 0.796. The molecule has 116 valence electrons. The summed E-state index contributed by atoms with van der Waals surface area (Å²) >= 11 is 0. The largest absolute Gasteiger partial charge is 0.484 e. The molecule has 0 N–H and O–H groups in total. The van der Waals surface area contributed by atoms with Crippen LogP contribution in [-0.2, 0) is 16.1 Å². The van der Waals surface area contributed by atoms with E-state index in [1.807, 2.05) is 6.07 Å². The molecule has 0 amide bonds. The molecule has 0 aromatic carbocycles. The molecule has 1 heterocycles. The molecule has 2 atom stereocenters. The maximum absolute atomic E-state index is 12.3. The summed E-state index contributed by atoms with van der Waals surface area (Å²) in [6.07, 6.45) is 1.33. The van der Waals surface area contributed by atoms with Gasteiger partial charge in [0.25, 0.3) is 6.43 Å². The van der Waals surface area contributed by atoms with E-state index >= 15 is 0 Å². The van der Waals surface area contributed by atoms with E-state index < -0.39 is 27.5 Å². The molecule has 0 saturated carbocycles. The molecule has 0 aliphatic carbocycles. The van der Waals surface area contributed by atoms with Crippen LogP contribution in [0.5, 0.6) is 5.75 Å². The highest BCUT2D eigenvalue weighted by atomic mass is 32.2. The van der Waals surface area contributed by atoms with E-state index in [1.165, 1.54) is 32.6 Å². The van der Waals surface area contributed by atoms with Gasteiger partial charge >= 0.3 is 0 Å². The van der Waals surface area contributed by atoms with Gasteiger partial charge in [-0.2, -0.15) is 5.26 Å². The first-order valence-corrected chi connectivity index (χ1v) is 7.89. The van der Waals surface area contributed by atoms with E-state index in [0.717, 1.165) is 0 Å². The number of hydrogen-bond donors (Lipinski definition) is 0. The molecule has 0 radical (unpaired) electrons. The van der Waals surface area contributed by atoms with Crippen LogP contribution in [0.15, 0.2) is 16.8 Å². The standard InChI is InChI=1S/C12H16F2N4O2S/c1-12(8-15,21(3,19)16-2)4-11-17-5-9(6-18-11)20-7-10(13)14/h5-6,10H,4,7H2,1-3H3. The fourth-order valence-corrected chi connectivity index (χ4v) is 2.40. The van der Waals surface area contributed by atoms with Crippen LogP contribution >= 0.6 is 0 Å². The zero-order valence-electron chi connectivity index (χ0n) is 11.9. The van der Waals surface area contributed by atoms with Crippen molar-refractivity contribution in [2.45, 2.75) is 24.5 Å². The van der Waals surface area contributed by atoms with Crippen molar-refractivity contribution in [3.8, 4) is 11.8 Å². The Balaban J connectivity index is 2.89. The molecule has 0 fully saturated rings. The molecule has 6 nitrogen and oxygen atoms in total. The molecule has 21 heavy (non-hydrogen) atoms. The number of halogens is 2. The fraction of sp³-hybridized carbons (Fsp3) is 0.583. The van der Waals surface area contributed by atoms with Gasteiger partial charge in [0, 0.05) is 19.7 Å². The van der Waals surface area contributed by atoms with Crippen molar-refractivity contribution in [2.24, 2.45) is 4.36 Å². The van der Waals surface area contributed by atoms with Gasteiger partial charge in [0.15, 0.2) is 5.75 Å².